The molecule has 19 heavy (non-hydrogen) atoms. The highest BCUT2D eigenvalue weighted by Gasteiger charge is 2.02. The normalized spacial score (nSPS) is 11.7. The van der Waals surface area contributed by atoms with Gasteiger partial charge in [-0.2, -0.15) is 5.10 Å². The largest absolute Gasteiger partial charge is 0.409 e. The van der Waals surface area contributed by atoms with Gasteiger partial charge in [-0.1, -0.05) is 5.16 Å². The Labute approximate surface area is 110 Å². The van der Waals surface area contributed by atoms with Gasteiger partial charge in [0.2, 0.25) is 0 Å². The van der Waals surface area contributed by atoms with Crippen molar-refractivity contribution in [3.63, 3.8) is 0 Å². The molecule has 0 atom stereocenters. The van der Waals surface area contributed by atoms with Crippen molar-refractivity contribution in [3.05, 3.63) is 48.0 Å². The molecule has 100 valence electrons. The molecule has 0 aliphatic heterocycles. The van der Waals surface area contributed by atoms with E-state index in [2.05, 4.69) is 20.6 Å². The minimum absolute atomic E-state index is 0.0124. The molecule has 2 aromatic rings. The summed E-state index contributed by atoms with van der Waals surface area (Å²) in [6.45, 7) is 2.31. The van der Waals surface area contributed by atoms with Gasteiger partial charge in [0.25, 0.3) is 0 Å². The number of pyridine rings is 1. The molecule has 0 amide bonds. The molecular weight excluding hydrogens is 244 g/mol. The number of rotatable bonds is 6. The first-order valence-electron chi connectivity index (χ1n) is 5.90. The van der Waals surface area contributed by atoms with Crippen LogP contribution in [0.4, 0.5) is 0 Å². The van der Waals surface area contributed by atoms with Crippen LogP contribution in [0.3, 0.4) is 0 Å². The highest BCUT2D eigenvalue weighted by molar-refractivity contribution is 5.95. The van der Waals surface area contributed by atoms with Crippen molar-refractivity contribution in [2.75, 3.05) is 6.54 Å². The Kier molecular flexibility index (Phi) is 4.46. The lowest BCUT2D eigenvalue weighted by Crippen LogP contribution is -2.20. The van der Waals surface area contributed by atoms with Crippen molar-refractivity contribution < 1.29 is 5.21 Å². The van der Waals surface area contributed by atoms with Crippen LogP contribution in [0, 0.1) is 0 Å². The van der Waals surface area contributed by atoms with Crippen molar-refractivity contribution in [1.29, 1.82) is 0 Å². The van der Waals surface area contributed by atoms with E-state index in [0.717, 1.165) is 18.7 Å². The lowest BCUT2D eigenvalue weighted by atomic mass is 10.2. The van der Waals surface area contributed by atoms with Crippen molar-refractivity contribution in [2.24, 2.45) is 10.9 Å². The average molecular weight is 260 g/mol. The molecule has 4 N–H and O–H groups in total. The molecule has 0 radical (unpaired) electrons. The van der Waals surface area contributed by atoms with Gasteiger partial charge >= 0.3 is 0 Å². The van der Waals surface area contributed by atoms with Crippen molar-refractivity contribution in [2.45, 2.75) is 13.1 Å². The number of hydrogen-bond acceptors (Lipinski definition) is 5. The van der Waals surface area contributed by atoms with E-state index in [0.29, 0.717) is 12.2 Å². The second-order valence-corrected chi connectivity index (χ2v) is 3.98. The van der Waals surface area contributed by atoms with Crippen molar-refractivity contribution in [1.82, 2.24) is 20.1 Å². The summed E-state index contributed by atoms with van der Waals surface area (Å²) in [6, 6.07) is 5.57. The molecule has 0 fully saturated rings. The first-order valence-corrected chi connectivity index (χ1v) is 5.90. The minimum atomic E-state index is 0.0124. The summed E-state index contributed by atoms with van der Waals surface area (Å²) in [6.07, 6.45) is 5.31. The molecule has 7 nitrogen and oxygen atoms in total. The summed E-state index contributed by atoms with van der Waals surface area (Å²) in [7, 11) is 0. The molecule has 0 aliphatic carbocycles. The smallest absolute Gasteiger partial charge is 0.188 e. The predicted molar refractivity (Wildman–Crippen MR) is 70.7 cm³/mol. The quantitative estimate of drug-likeness (QED) is 0.226. The lowest BCUT2D eigenvalue weighted by molar-refractivity contribution is 0.318. The van der Waals surface area contributed by atoms with Crippen LogP contribution in [0.15, 0.2) is 41.9 Å². The molecule has 0 unspecified atom stereocenters. The summed E-state index contributed by atoms with van der Waals surface area (Å²) < 4.78 is 1.86. The molecule has 0 saturated carbocycles. The zero-order valence-corrected chi connectivity index (χ0v) is 10.4. The van der Waals surface area contributed by atoms with Crippen LogP contribution < -0.4 is 11.1 Å². The maximum absolute atomic E-state index is 8.60. The van der Waals surface area contributed by atoms with Gasteiger partial charge in [-0.3, -0.25) is 9.67 Å². The summed E-state index contributed by atoms with van der Waals surface area (Å²) in [4.78, 5) is 4.02. The Morgan fingerprint density at radius 1 is 1.47 bits per heavy atom. The van der Waals surface area contributed by atoms with Crippen molar-refractivity contribution in [3.8, 4) is 0 Å². The number of hydrogen-bond donors (Lipinski definition) is 3. The van der Waals surface area contributed by atoms with Crippen molar-refractivity contribution >= 4 is 5.84 Å². The summed E-state index contributed by atoms with van der Waals surface area (Å²) in [5.41, 5.74) is 6.98. The van der Waals surface area contributed by atoms with E-state index in [1.165, 1.54) is 0 Å². The van der Waals surface area contributed by atoms with E-state index in [9.17, 15) is 0 Å². The molecule has 2 aromatic heterocycles. The Morgan fingerprint density at radius 2 is 2.37 bits per heavy atom. The molecule has 0 bridgehead atoms. The topological polar surface area (TPSA) is 101 Å². The molecule has 0 aliphatic rings. The second kappa shape index (κ2) is 6.50. The van der Waals surface area contributed by atoms with Crippen LogP contribution in [0.25, 0.3) is 0 Å². The SMILES string of the molecule is NC(=NO)c1cc(CNCCn2cccn2)ccn1. The first kappa shape index (κ1) is 13.0. The Balaban J connectivity index is 1.82. The maximum Gasteiger partial charge on any atom is 0.188 e. The second-order valence-electron chi connectivity index (χ2n) is 3.98. The summed E-state index contributed by atoms with van der Waals surface area (Å²) >= 11 is 0. The predicted octanol–water partition coefficient (Wildman–Crippen LogP) is 0.162. The van der Waals surface area contributed by atoms with Gasteiger partial charge in [0.15, 0.2) is 5.84 Å². The number of aromatic nitrogens is 3. The van der Waals surface area contributed by atoms with Gasteiger partial charge in [-0.25, -0.2) is 0 Å². The zero-order valence-electron chi connectivity index (χ0n) is 10.4. The fourth-order valence-corrected chi connectivity index (χ4v) is 1.63. The Hall–Kier alpha value is -2.41. The molecular formula is C12H16N6O. The molecule has 7 heteroatoms. The van der Waals surface area contributed by atoms with Gasteiger partial charge in [-0.15, -0.1) is 0 Å². The van der Waals surface area contributed by atoms with E-state index in [1.54, 1.807) is 18.5 Å². The summed E-state index contributed by atoms with van der Waals surface area (Å²) in [5, 5.41) is 18.9. The number of amidine groups is 1. The van der Waals surface area contributed by atoms with Crippen LogP contribution in [0.1, 0.15) is 11.3 Å². The third kappa shape index (κ3) is 3.78. The molecule has 0 saturated heterocycles. The average Bonchev–Trinajstić information content (AvgIpc) is 2.96. The van der Waals surface area contributed by atoms with Crippen LogP contribution in [0.5, 0.6) is 0 Å². The van der Waals surface area contributed by atoms with E-state index in [1.807, 2.05) is 23.0 Å². The number of nitrogens with one attached hydrogen (secondary N) is 1. The van der Waals surface area contributed by atoms with E-state index in [-0.39, 0.29) is 5.84 Å². The third-order valence-corrected chi connectivity index (χ3v) is 2.60. The highest BCUT2D eigenvalue weighted by Crippen LogP contribution is 2.01. The Bertz CT molecular complexity index is 537. The maximum atomic E-state index is 8.60. The number of nitrogens with zero attached hydrogens (tertiary/aromatic N) is 4. The molecule has 2 heterocycles. The summed E-state index contributed by atoms with van der Waals surface area (Å²) in [5.74, 6) is 0.0124. The molecule has 0 spiro atoms. The fourth-order valence-electron chi connectivity index (χ4n) is 1.63. The van der Waals surface area contributed by atoms with Crippen LogP contribution >= 0.6 is 0 Å². The van der Waals surface area contributed by atoms with Crippen LogP contribution in [-0.2, 0) is 13.1 Å². The van der Waals surface area contributed by atoms with Crippen LogP contribution in [-0.4, -0.2) is 32.4 Å². The highest BCUT2D eigenvalue weighted by atomic mass is 16.4. The van der Waals surface area contributed by atoms with E-state index >= 15 is 0 Å². The van der Waals surface area contributed by atoms with E-state index < -0.39 is 0 Å². The first-order chi connectivity index (χ1) is 9.29. The van der Waals surface area contributed by atoms with E-state index in [4.69, 9.17) is 10.9 Å². The van der Waals surface area contributed by atoms with Gasteiger partial charge in [-0.05, 0) is 23.8 Å². The standard InChI is InChI=1S/C12H16N6O/c13-12(17-19)11-8-10(2-4-15-11)9-14-5-7-18-6-1-3-16-18/h1-4,6,8,14,19H,5,7,9H2,(H2,13,17). The molecule has 2 rings (SSSR count). The van der Waals surface area contributed by atoms with Gasteiger partial charge in [0, 0.05) is 31.7 Å². The fraction of sp³-hybridized carbons (Fsp3) is 0.250. The lowest BCUT2D eigenvalue weighted by Gasteiger charge is -2.06. The zero-order chi connectivity index (χ0) is 13.5. The monoisotopic (exact) mass is 260 g/mol. The van der Waals surface area contributed by atoms with Gasteiger partial charge in [0.05, 0.1) is 6.54 Å². The third-order valence-electron chi connectivity index (χ3n) is 2.60. The minimum Gasteiger partial charge on any atom is -0.409 e. The number of nitrogens with two attached hydrogens (primary N) is 1. The van der Waals surface area contributed by atoms with Gasteiger partial charge < -0.3 is 16.3 Å². The molecule has 0 aromatic carbocycles. The number of oxime groups is 1. The Morgan fingerprint density at radius 3 is 3.11 bits per heavy atom. The van der Waals surface area contributed by atoms with Gasteiger partial charge in [0.1, 0.15) is 5.69 Å². The van der Waals surface area contributed by atoms with Crippen LogP contribution in [0.2, 0.25) is 0 Å².